The second kappa shape index (κ2) is 7.10. The number of hydrogen-bond acceptors (Lipinski definition) is 2. The smallest absolute Gasteiger partial charge is 0.234 e. The SMILES string of the molecule is Cc1ccccc1CSCC(=O)Nc1ccc(F)cc1. The van der Waals surface area contributed by atoms with Crippen molar-refractivity contribution in [2.75, 3.05) is 11.1 Å². The summed E-state index contributed by atoms with van der Waals surface area (Å²) in [6, 6.07) is 13.9. The van der Waals surface area contributed by atoms with Crippen LogP contribution in [0.25, 0.3) is 0 Å². The average molecular weight is 289 g/mol. The molecule has 0 bridgehead atoms. The van der Waals surface area contributed by atoms with Crippen molar-refractivity contribution in [3.8, 4) is 0 Å². The molecule has 0 radical (unpaired) electrons. The van der Waals surface area contributed by atoms with Crippen LogP contribution in [0.1, 0.15) is 11.1 Å². The molecule has 0 aliphatic rings. The predicted octanol–water partition coefficient (Wildman–Crippen LogP) is 4.01. The van der Waals surface area contributed by atoms with Gasteiger partial charge >= 0.3 is 0 Å². The van der Waals surface area contributed by atoms with Crippen LogP contribution in [0.4, 0.5) is 10.1 Å². The Balaban J connectivity index is 1.78. The van der Waals surface area contributed by atoms with Gasteiger partial charge in [-0.1, -0.05) is 24.3 Å². The maximum Gasteiger partial charge on any atom is 0.234 e. The van der Waals surface area contributed by atoms with Crippen molar-refractivity contribution < 1.29 is 9.18 Å². The summed E-state index contributed by atoms with van der Waals surface area (Å²) in [6.45, 7) is 2.06. The number of carbonyl (C=O) groups excluding carboxylic acids is 1. The molecule has 2 aromatic carbocycles. The molecule has 4 heteroatoms. The molecule has 0 aliphatic carbocycles. The monoisotopic (exact) mass is 289 g/mol. The third-order valence-corrected chi connectivity index (χ3v) is 3.86. The summed E-state index contributed by atoms with van der Waals surface area (Å²) in [4.78, 5) is 11.7. The van der Waals surface area contributed by atoms with Crippen molar-refractivity contribution in [3.63, 3.8) is 0 Å². The first-order valence-electron chi connectivity index (χ1n) is 6.33. The number of thioether (sulfide) groups is 1. The number of rotatable bonds is 5. The molecule has 0 aliphatic heterocycles. The Kier molecular flexibility index (Phi) is 5.18. The zero-order valence-corrected chi connectivity index (χ0v) is 12.0. The van der Waals surface area contributed by atoms with E-state index in [0.29, 0.717) is 11.4 Å². The fraction of sp³-hybridized carbons (Fsp3) is 0.188. The average Bonchev–Trinajstić information content (AvgIpc) is 2.43. The molecule has 0 heterocycles. The topological polar surface area (TPSA) is 29.1 Å². The van der Waals surface area contributed by atoms with Gasteiger partial charge in [-0.05, 0) is 42.3 Å². The van der Waals surface area contributed by atoms with Gasteiger partial charge in [0.25, 0.3) is 0 Å². The summed E-state index contributed by atoms with van der Waals surface area (Å²) >= 11 is 1.56. The van der Waals surface area contributed by atoms with Crippen LogP contribution in [0.15, 0.2) is 48.5 Å². The molecular weight excluding hydrogens is 273 g/mol. The molecule has 2 nitrogen and oxygen atoms in total. The van der Waals surface area contributed by atoms with E-state index >= 15 is 0 Å². The van der Waals surface area contributed by atoms with Gasteiger partial charge in [0, 0.05) is 11.4 Å². The molecule has 2 rings (SSSR count). The van der Waals surface area contributed by atoms with Crippen LogP contribution < -0.4 is 5.32 Å². The van der Waals surface area contributed by atoms with Gasteiger partial charge in [-0.3, -0.25) is 4.79 Å². The van der Waals surface area contributed by atoms with E-state index in [-0.39, 0.29) is 11.7 Å². The highest BCUT2D eigenvalue weighted by Crippen LogP contribution is 2.16. The maximum absolute atomic E-state index is 12.7. The molecule has 0 atom stereocenters. The molecule has 0 saturated heterocycles. The van der Waals surface area contributed by atoms with Gasteiger partial charge in [0.15, 0.2) is 0 Å². The zero-order chi connectivity index (χ0) is 14.4. The lowest BCUT2D eigenvalue weighted by atomic mass is 10.1. The molecule has 0 unspecified atom stereocenters. The van der Waals surface area contributed by atoms with Gasteiger partial charge in [-0.2, -0.15) is 0 Å². The molecule has 0 aromatic heterocycles. The fourth-order valence-electron chi connectivity index (χ4n) is 1.76. The predicted molar refractivity (Wildman–Crippen MR) is 82.4 cm³/mol. The number of aryl methyl sites for hydroxylation is 1. The van der Waals surface area contributed by atoms with Crippen molar-refractivity contribution in [3.05, 3.63) is 65.5 Å². The second-order valence-electron chi connectivity index (χ2n) is 4.47. The van der Waals surface area contributed by atoms with Crippen LogP contribution in [0.5, 0.6) is 0 Å². The van der Waals surface area contributed by atoms with Gasteiger partial charge in [-0.25, -0.2) is 4.39 Å². The third kappa shape index (κ3) is 4.38. The van der Waals surface area contributed by atoms with Crippen molar-refractivity contribution in [2.24, 2.45) is 0 Å². The highest BCUT2D eigenvalue weighted by Gasteiger charge is 2.04. The van der Waals surface area contributed by atoms with Crippen LogP contribution in [-0.4, -0.2) is 11.7 Å². The number of halogens is 1. The number of benzene rings is 2. The van der Waals surface area contributed by atoms with Crippen LogP contribution >= 0.6 is 11.8 Å². The van der Waals surface area contributed by atoms with E-state index in [4.69, 9.17) is 0 Å². The third-order valence-electron chi connectivity index (χ3n) is 2.88. The zero-order valence-electron chi connectivity index (χ0n) is 11.2. The molecule has 2 aromatic rings. The van der Waals surface area contributed by atoms with Crippen molar-refractivity contribution in [1.29, 1.82) is 0 Å². The summed E-state index contributed by atoms with van der Waals surface area (Å²) < 4.78 is 12.7. The first-order chi connectivity index (χ1) is 9.65. The Morgan fingerprint density at radius 2 is 1.85 bits per heavy atom. The number of nitrogens with one attached hydrogen (secondary N) is 1. The second-order valence-corrected chi connectivity index (χ2v) is 5.46. The molecule has 104 valence electrons. The summed E-state index contributed by atoms with van der Waals surface area (Å²) in [6.07, 6.45) is 0. The lowest BCUT2D eigenvalue weighted by molar-refractivity contribution is -0.113. The highest BCUT2D eigenvalue weighted by molar-refractivity contribution is 7.99. The van der Waals surface area contributed by atoms with E-state index in [0.717, 1.165) is 5.75 Å². The summed E-state index contributed by atoms with van der Waals surface area (Å²) in [5.74, 6) is 0.807. The molecule has 0 fully saturated rings. The van der Waals surface area contributed by atoms with Gasteiger partial charge in [0.2, 0.25) is 5.91 Å². The standard InChI is InChI=1S/C16H16FNOS/c1-12-4-2-3-5-13(12)10-20-11-16(19)18-15-8-6-14(17)7-9-15/h2-9H,10-11H2,1H3,(H,18,19). The number of anilines is 1. The van der Waals surface area contributed by atoms with Crippen LogP contribution in [0, 0.1) is 12.7 Å². The van der Waals surface area contributed by atoms with Gasteiger partial charge in [0.05, 0.1) is 5.75 Å². The Morgan fingerprint density at radius 1 is 1.15 bits per heavy atom. The highest BCUT2D eigenvalue weighted by atomic mass is 32.2. The van der Waals surface area contributed by atoms with E-state index in [1.165, 1.54) is 23.3 Å². The number of amides is 1. The van der Waals surface area contributed by atoms with Crippen LogP contribution in [-0.2, 0) is 10.5 Å². The summed E-state index contributed by atoms with van der Waals surface area (Å²) in [5.41, 5.74) is 3.10. The minimum atomic E-state index is -0.308. The van der Waals surface area contributed by atoms with Gasteiger partial charge < -0.3 is 5.32 Å². The Morgan fingerprint density at radius 3 is 2.55 bits per heavy atom. The minimum absolute atomic E-state index is 0.0739. The van der Waals surface area contributed by atoms with E-state index in [9.17, 15) is 9.18 Å². The summed E-state index contributed by atoms with van der Waals surface area (Å²) in [7, 11) is 0. The van der Waals surface area contributed by atoms with Crippen LogP contribution in [0.2, 0.25) is 0 Å². The van der Waals surface area contributed by atoms with Gasteiger partial charge in [0.1, 0.15) is 5.82 Å². The fourth-order valence-corrected chi connectivity index (χ4v) is 2.66. The maximum atomic E-state index is 12.7. The van der Waals surface area contributed by atoms with Gasteiger partial charge in [-0.15, -0.1) is 11.8 Å². The largest absolute Gasteiger partial charge is 0.325 e. The van der Waals surface area contributed by atoms with E-state index in [1.807, 2.05) is 12.1 Å². The van der Waals surface area contributed by atoms with Crippen LogP contribution in [0.3, 0.4) is 0 Å². The summed E-state index contributed by atoms with van der Waals surface area (Å²) in [5, 5.41) is 2.74. The van der Waals surface area contributed by atoms with E-state index in [1.54, 1.807) is 23.9 Å². The quantitative estimate of drug-likeness (QED) is 0.901. The lowest BCUT2D eigenvalue weighted by Gasteiger charge is -2.06. The molecule has 1 amide bonds. The Bertz CT molecular complexity index is 583. The van der Waals surface area contributed by atoms with E-state index in [2.05, 4.69) is 24.4 Å². The van der Waals surface area contributed by atoms with E-state index < -0.39 is 0 Å². The molecule has 0 spiro atoms. The Hall–Kier alpha value is -1.81. The van der Waals surface area contributed by atoms with Crippen molar-refractivity contribution in [2.45, 2.75) is 12.7 Å². The van der Waals surface area contributed by atoms with Crippen molar-refractivity contribution in [1.82, 2.24) is 0 Å². The van der Waals surface area contributed by atoms with Crippen molar-refractivity contribution >= 4 is 23.4 Å². The molecule has 0 saturated carbocycles. The Labute approximate surface area is 122 Å². The minimum Gasteiger partial charge on any atom is -0.325 e. The first-order valence-corrected chi connectivity index (χ1v) is 7.48. The number of carbonyl (C=O) groups is 1. The first kappa shape index (κ1) is 14.6. The molecule has 20 heavy (non-hydrogen) atoms. The molecular formula is C16H16FNOS. The molecule has 1 N–H and O–H groups in total. The number of hydrogen-bond donors (Lipinski definition) is 1. The normalized spacial score (nSPS) is 10.3. The lowest BCUT2D eigenvalue weighted by Crippen LogP contribution is -2.14.